The van der Waals surface area contributed by atoms with E-state index in [1.165, 1.54) is 19.2 Å². The molecule has 0 atom stereocenters. The van der Waals surface area contributed by atoms with Crippen molar-refractivity contribution in [2.24, 2.45) is 0 Å². The number of carbonyl (C=O) groups excluding carboxylic acids is 1. The fraction of sp³-hybridized carbons (Fsp3) is 0.111. The predicted octanol–water partition coefficient (Wildman–Crippen LogP) is 1.42. The molecule has 78 valence electrons. The van der Waals surface area contributed by atoms with E-state index in [4.69, 9.17) is 0 Å². The number of pyridine rings is 1. The van der Waals surface area contributed by atoms with Crippen LogP contribution in [0.5, 0.6) is 0 Å². The molecule has 0 aliphatic carbocycles. The molecular formula is C9H9N3O3. The number of aromatic nitrogens is 1. The third-order valence-electron chi connectivity index (χ3n) is 1.71. The van der Waals surface area contributed by atoms with Gasteiger partial charge in [0.1, 0.15) is 5.69 Å². The molecule has 0 saturated heterocycles. The highest BCUT2D eigenvalue weighted by Gasteiger charge is 2.12. The highest BCUT2D eigenvalue weighted by Crippen LogP contribution is 2.19. The van der Waals surface area contributed by atoms with Gasteiger partial charge in [0, 0.05) is 6.07 Å². The summed E-state index contributed by atoms with van der Waals surface area (Å²) >= 11 is 0. The van der Waals surface area contributed by atoms with E-state index in [-0.39, 0.29) is 11.4 Å². The molecule has 0 aliphatic heterocycles. The van der Waals surface area contributed by atoms with Gasteiger partial charge in [0.25, 0.3) is 5.69 Å². The molecule has 0 spiro atoms. The largest absolute Gasteiger partial charge is 0.321 e. The number of carbonyl (C=O) groups is 1. The second kappa shape index (κ2) is 4.32. The van der Waals surface area contributed by atoms with E-state index in [0.717, 1.165) is 6.08 Å². The molecule has 1 N–H and O–H groups in total. The first-order chi connectivity index (χ1) is 7.04. The first kappa shape index (κ1) is 10.8. The summed E-state index contributed by atoms with van der Waals surface area (Å²) < 4.78 is 0. The number of amides is 1. The summed E-state index contributed by atoms with van der Waals surface area (Å²) in [6, 6.07) is 1.25. The van der Waals surface area contributed by atoms with Crippen LogP contribution >= 0.6 is 0 Å². The van der Waals surface area contributed by atoms with Crippen LogP contribution in [0.3, 0.4) is 0 Å². The topological polar surface area (TPSA) is 85.1 Å². The molecule has 0 unspecified atom stereocenters. The SMILES string of the molecule is C=CC(=O)Nc1cnc(C)c([N+](=O)[O-])c1. The van der Waals surface area contributed by atoms with Crippen molar-refractivity contribution in [2.75, 3.05) is 5.32 Å². The minimum absolute atomic E-state index is 0.128. The Morgan fingerprint density at radius 1 is 1.73 bits per heavy atom. The summed E-state index contributed by atoms with van der Waals surface area (Å²) in [6.45, 7) is 4.79. The molecule has 1 rings (SSSR count). The van der Waals surface area contributed by atoms with Crippen LogP contribution in [0.4, 0.5) is 11.4 Å². The fourth-order valence-corrected chi connectivity index (χ4v) is 0.968. The van der Waals surface area contributed by atoms with Crippen LogP contribution in [0.1, 0.15) is 5.69 Å². The van der Waals surface area contributed by atoms with Crippen molar-refractivity contribution in [1.82, 2.24) is 4.98 Å². The molecule has 6 heteroatoms. The summed E-state index contributed by atoms with van der Waals surface area (Å²) in [5.74, 6) is -0.435. The quantitative estimate of drug-likeness (QED) is 0.461. The lowest BCUT2D eigenvalue weighted by atomic mass is 10.3. The second-order valence-electron chi connectivity index (χ2n) is 2.78. The van der Waals surface area contributed by atoms with Gasteiger partial charge in [-0.3, -0.25) is 19.9 Å². The average molecular weight is 207 g/mol. The van der Waals surface area contributed by atoms with E-state index >= 15 is 0 Å². The van der Waals surface area contributed by atoms with E-state index in [0.29, 0.717) is 5.69 Å². The first-order valence-corrected chi connectivity index (χ1v) is 4.09. The lowest BCUT2D eigenvalue weighted by Gasteiger charge is -2.02. The van der Waals surface area contributed by atoms with Crippen molar-refractivity contribution in [3.63, 3.8) is 0 Å². The Morgan fingerprint density at radius 2 is 2.40 bits per heavy atom. The Morgan fingerprint density at radius 3 is 2.93 bits per heavy atom. The van der Waals surface area contributed by atoms with Crippen LogP contribution in [0.25, 0.3) is 0 Å². The Bertz CT molecular complexity index is 429. The van der Waals surface area contributed by atoms with Gasteiger partial charge in [-0.2, -0.15) is 0 Å². The Hall–Kier alpha value is -2.24. The van der Waals surface area contributed by atoms with Crippen LogP contribution in [0.15, 0.2) is 24.9 Å². The maximum absolute atomic E-state index is 10.9. The normalized spacial score (nSPS) is 9.40. The Kier molecular flexibility index (Phi) is 3.12. The maximum Gasteiger partial charge on any atom is 0.292 e. The number of nitrogens with one attached hydrogen (secondary N) is 1. The monoisotopic (exact) mass is 207 g/mol. The number of hydrogen-bond acceptors (Lipinski definition) is 4. The van der Waals surface area contributed by atoms with E-state index in [9.17, 15) is 14.9 Å². The molecule has 1 aromatic rings. The van der Waals surface area contributed by atoms with Gasteiger partial charge in [-0.25, -0.2) is 0 Å². The Labute approximate surface area is 85.8 Å². The standard InChI is InChI=1S/C9H9N3O3/c1-3-9(13)11-7-4-8(12(14)15)6(2)10-5-7/h3-5H,1H2,2H3,(H,11,13). The number of anilines is 1. The zero-order chi connectivity index (χ0) is 11.4. The predicted molar refractivity (Wildman–Crippen MR) is 54.5 cm³/mol. The molecule has 0 radical (unpaired) electrons. The summed E-state index contributed by atoms with van der Waals surface area (Å²) in [5.41, 5.74) is 0.450. The molecule has 0 bridgehead atoms. The van der Waals surface area contributed by atoms with Gasteiger partial charge in [0.15, 0.2) is 0 Å². The minimum atomic E-state index is -0.550. The highest BCUT2D eigenvalue weighted by molar-refractivity contribution is 5.98. The van der Waals surface area contributed by atoms with Gasteiger partial charge in [0.2, 0.25) is 5.91 Å². The van der Waals surface area contributed by atoms with Crippen molar-refractivity contribution in [3.05, 3.63) is 40.7 Å². The minimum Gasteiger partial charge on any atom is -0.321 e. The van der Waals surface area contributed by atoms with E-state index in [1.54, 1.807) is 0 Å². The number of nitrogens with zero attached hydrogens (tertiary/aromatic N) is 2. The second-order valence-corrected chi connectivity index (χ2v) is 2.78. The lowest BCUT2D eigenvalue weighted by Crippen LogP contribution is -2.08. The number of aryl methyl sites for hydroxylation is 1. The fourth-order valence-electron chi connectivity index (χ4n) is 0.968. The molecule has 0 aliphatic rings. The number of rotatable bonds is 3. The summed E-state index contributed by atoms with van der Waals surface area (Å²) in [4.78, 5) is 24.7. The van der Waals surface area contributed by atoms with Gasteiger partial charge in [-0.15, -0.1) is 0 Å². The average Bonchev–Trinajstić information content (AvgIpc) is 2.20. The van der Waals surface area contributed by atoms with Crippen LogP contribution < -0.4 is 5.32 Å². The van der Waals surface area contributed by atoms with Crippen LogP contribution in [0, 0.1) is 17.0 Å². The van der Waals surface area contributed by atoms with Crippen molar-refractivity contribution in [2.45, 2.75) is 6.92 Å². The third kappa shape index (κ3) is 2.60. The third-order valence-corrected chi connectivity index (χ3v) is 1.71. The summed E-state index contributed by atoms with van der Waals surface area (Å²) in [7, 11) is 0. The van der Waals surface area contributed by atoms with Gasteiger partial charge >= 0.3 is 0 Å². The van der Waals surface area contributed by atoms with Crippen molar-refractivity contribution in [1.29, 1.82) is 0 Å². The first-order valence-electron chi connectivity index (χ1n) is 4.09. The Balaban J connectivity index is 3.02. The van der Waals surface area contributed by atoms with E-state index < -0.39 is 10.8 Å². The van der Waals surface area contributed by atoms with E-state index in [1.807, 2.05) is 0 Å². The van der Waals surface area contributed by atoms with Crippen molar-refractivity contribution in [3.8, 4) is 0 Å². The van der Waals surface area contributed by atoms with Gasteiger partial charge in [0.05, 0.1) is 16.8 Å². The van der Waals surface area contributed by atoms with E-state index in [2.05, 4.69) is 16.9 Å². The molecule has 0 saturated carbocycles. The van der Waals surface area contributed by atoms with Gasteiger partial charge in [-0.1, -0.05) is 6.58 Å². The van der Waals surface area contributed by atoms with Gasteiger partial charge < -0.3 is 5.32 Å². The van der Waals surface area contributed by atoms with Crippen molar-refractivity contribution >= 4 is 17.3 Å². The molecule has 0 fully saturated rings. The number of hydrogen-bond donors (Lipinski definition) is 1. The molecule has 1 aromatic heterocycles. The summed E-state index contributed by atoms with van der Waals surface area (Å²) in [5, 5.41) is 13.0. The number of nitro groups is 1. The summed E-state index contributed by atoms with van der Waals surface area (Å²) in [6.07, 6.45) is 2.43. The highest BCUT2D eigenvalue weighted by atomic mass is 16.6. The van der Waals surface area contributed by atoms with Crippen molar-refractivity contribution < 1.29 is 9.72 Å². The zero-order valence-electron chi connectivity index (χ0n) is 8.06. The smallest absolute Gasteiger partial charge is 0.292 e. The lowest BCUT2D eigenvalue weighted by molar-refractivity contribution is -0.385. The van der Waals surface area contributed by atoms with Crippen LogP contribution in [-0.4, -0.2) is 15.8 Å². The molecule has 1 amide bonds. The molecule has 15 heavy (non-hydrogen) atoms. The molecular weight excluding hydrogens is 198 g/mol. The molecule has 0 aromatic carbocycles. The van der Waals surface area contributed by atoms with Crippen LogP contribution in [-0.2, 0) is 4.79 Å². The van der Waals surface area contributed by atoms with Crippen LogP contribution in [0.2, 0.25) is 0 Å². The zero-order valence-corrected chi connectivity index (χ0v) is 8.06. The molecule has 1 heterocycles. The molecule has 6 nitrogen and oxygen atoms in total. The van der Waals surface area contributed by atoms with Gasteiger partial charge in [-0.05, 0) is 13.0 Å². The maximum atomic E-state index is 10.9.